The van der Waals surface area contributed by atoms with Crippen molar-refractivity contribution in [1.29, 1.82) is 0 Å². The van der Waals surface area contributed by atoms with Crippen LogP contribution in [0.3, 0.4) is 0 Å². The lowest BCUT2D eigenvalue weighted by molar-refractivity contribution is 1.02. The third-order valence-electron chi connectivity index (χ3n) is 2.95. The van der Waals surface area contributed by atoms with Crippen molar-refractivity contribution >= 4 is 11.0 Å². The third-order valence-corrected chi connectivity index (χ3v) is 2.95. The fourth-order valence-corrected chi connectivity index (χ4v) is 2.02. The number of aryl methyl sites for hydroxylation is 1. The van der Waals surface area contributed by atoms with Gasteiger partial charge in [-0.15, -0.1) is 0 Å². The Morgan fingerprint density at radius 1 is 1.00 bits per heavy atom. The number of hydrogen-bond donors (Lipinski definition) is 0. The molecular weight excluding hydrogens is 224 g/mol. The summed E-state index contributed by atoms with van der Waals surface area (Å²) in [4.78, 5) is 16.2. The van der Waals surface area contributed by atoms with E-state index in [0.717, 1.165) is 16.7 Å². The van der Waals surface area contributed by atoms with Gasteiger partial charge in [0.05, 0.1) is 17.2 Å². The van der Waals surface area contributed by atoms with E-state index in [9.17, 15) is 4.79 Å². The number of hydrogen-bond acceptors (Lipinski definition) is 2. The first-order chi connectivity index (χ1) is 8.75. The molecule has 0 atom stereocenters. The van der Waals surface area contributed by atoms with Gasteiger partial charge in [-0.05, 0) is 31.2 Å². The predicted molar refractivity (Wildman–Crippen MR) is 72.1 cm³/mol. The molecule has 0 spiro atoms. The summed E-state index contributed by atoms with van der Waals surface area (Å²) in [6.07, 6.45) is 1.36. The third kappa shape index (κ3) is 1.70. The topological polar surface area (TPSA) is 34.9 Å². The summed E-state index contributed by atoms with van der Waals surface area (Å²) < 4.78 is 1.68. The summed E-state index contributed by atoms with van der Waals surface area (Å²) >= 11 is 0. The molecule has 0 bridgehead atoms. The monoisotopic (exact) mass is 236 g/mol. The minimum atomic E-state index is -0.113. The van der Waals surface area contributed by atoms with Crippen molar-refractivity contribution in [2.45, 2.75) is 6.92 Å². The van der Waals surface area contributed by atoms with Gasteiger partial charge in [0.2, 0.25) is 0 Å². The molecule has 1 heterocycles. The summed E-state index contributed by atoms with van der Waals surface area (Å²) in [7, 11) is 0. The molecule has 0 aliphatic carbocycles. The fourth-order valence-electron chi connectivity index (χ4n) is 2.02. The van der Waals surface area contributed by atoms with Gasteiger partial charge in [-0.25, -0.2) is 4.98 Å². The molecule has 0 saturated heterocycles. The highest BCUT2D eigenvalue weighted by atomic mass is 16.1. The van der Waals surface area contributed by atoms with Gasteiger partial charge in [0.15, 0.2) is 0 Å². The molecule has 0 radical (unpaired) electrons. The molecule has 0 amide bonds. The van der Waals surface area contributed by atoms with Crippen molar-refractivity contribution in [1.82, 2.24) is 9.55 Å². The SMILES string of the molecule is Cc1ccc(-n2c(=O)cnc3ccccc32)cc1. The molecule has 3 heteroatoms. The summed E-state index contributed by atoms with van der Waals surface area (Å²) in [5.74, 6) is 0. The van der Waals surface area contributed by atoms with Crippen molar-refractivity contribution in [2.75, 3.05) is 0 Å². The number of aromatic nitrogens is 2. The van der Waals surface area contributed by atoms with E-state index in [-0.39, 0.29) is 5.56 Å². The molecule has 0 fully saturated rings. The Hall–Kier alpha value is -2.42. The van der Waals surface area contributed by atoms with Gasteiger partial charge in [-0.3, -0.25) is 9.36 Å². The maximum atomic E-state index is 12.0. The first kappa shape index (κ1) is 10.7. The Balaban J connectivity index is 2.37. The van der Waals surface area contributed by atoms with Crippen molar-refractivity contribution in [3.05, 3.63) is 70.6 Å². The molecule has 0 unspecified atom stereocenters. The zero-order chi connectivity index (χ0) is 12.5. The highest BCUT2D eigenvalue weighted by Gasteiger charge is 2.05. The quantitative estimate of drug-likeness (QED) is 0.651. The summed E-state index contributed by atoms with van der Waals surface area (Å²) in [6.45, 7) is 2.03. The predicted octanol–water partition coefficient (Wildman–Crippen LogP) is 2.69. The number of fused-ring (bicyclic) bond motifs is 1. The van der Waals surface area contributed by atoms with E-state index < -0.39 is 0 Å². The van der Waals surface area contributed by atoms with Crippen LogP contribution in [0.25, 0.3) is 16.7 Å². The van der Waals surface area contributed by atoms with Crippen LogP contribution in [-0.4, -0.2) is 9.55 Å². The second-order valence-corrected chi connectivity index (χ2v) is 4.26. The number of rotatable bonds is 1. The molecule has 88 valence electrons. The van der Waals surface area contributed by atoms with Crippen LogP contribution in [0.2, 0.25) is 0 Å². The standard InChI is InChI=1S/C15H12N2O/c1-11-6-8-12(9-7-11)17-14-5-3-2-4-13(14)16-10-15(17)18/h2-10H,1H3. The van der Waals surface area contributed by atoms with E-state index in [1.165, 1.54) is 11.8 Å². The normalized spacial score (nSPS) is 10.7. The Kier molecular flexibility index (Phi) is 2.45. The van der Waals surface area contributed by atoms with Crippen LogP contribution in [0.1, 0.15) is 5.56 Å². The van der Waals surface area contributed by atoms with E-state index in [4.69, 9.17) is 0 Å². The van der Waals surface area contributed by atoms with Crippen LogP contribution < -0.4 is 5.56 Å². The van der Waals surface area contributed by atoms with Crippen LogP contribution in [-0.2, 0) is 0 Å². The first-order valence-corrected chi connectivity index (χ1v) is 5.79. The van der Waals surface area contributed by atoms with Gasteiger partial charge < -0.3 is 0 Å². The maximum Gasteiger partial charge on any atom is 0.274 e. The van der Waals surface area contributed by atoms with Crippen LogP contribution in [0.4, 0.5) is 0 Å². The molecule has 0 saturated carbocycles. The minimum Gasteiger partial charge on any atom is -0.274 e. The highest BCUT2D eigenvalue weighted by molar-refractivity contribution is 5.76. The summed E-state index contributed by atoms with van der Waals surface area (Å²) in [5.41, 5.74) is 3.57. The van der Waals surface area contributed by atoms with Crippen LogP contribution >= 0.6 is 0 Å². The Labute approximate surface area is 104 Å². The van der Waals surface area contributed by atoms with E-state index >= 15 is 0 Å². The van der Waals surface area contributed by atoms with E-state index in [1.807, 2.05) is 55.5 Å². The van der Waals surface area contributed by atoms with E-state index in [0.29, 0.717) is 0 Å². The zero-order valence-electron chi connectivity index (χ0n) is 10.00. The molecule has 0 aliphatic heterocycles. The molecule has 2 aromatic carbocycles. The Morgan fingerprint density at radius 3 is 2.50 bits per heavy atom. The average Bonchev–Trinajstić information content (AvgIpc) is 2.40. The molecule has 3 nitrogen and oxygen atoms in total. The molecule has 3 rings (SSSR count). The van der Waals surface area contributed by atoms with Gasteiger partial charge >= 0.3 is 0 Å². The molecule has 0 N–H and O–H groups in total. The van der Waals surface area contributed by atoms with Gasteiger partial charge in [-0.1, -0.05) is 29.8 Å². The van der Waals surface area contributed by atoms with Crippen molar-refractivity contribution in [2.24, 2.45) is 0 Å². The summed E-state index contributed by atoms with van der Waals surface area (Å²) in [5, 5.41) is 0. The lowest BCUT2D eigenvalue weighted by atomic mass is 10.2. The largest absolute Gasteiger partial charge is 0.274 e. The van der Waals surface area contributed by atoms with Gasteiger partial charge in [0.25, 0.3) is 5.56 Å². The average molecular weight is 236 g/mol. The Bertz CT molecular complexity index is 757. The molecule has 0 aliphatic rings. The second-order valence-electron chi connectivity index (χ2n) is 4.26. The minimum absolute atomic E-state index is 0.113. The van der Waals surface area contributed by atoms with Gasteiger partial charge in [-0.2, -0.15) is 0 Å². The smallest absolute Gasteiger partial charge is 0.274 e. The number of benzene rings is 2. The van der Waals surface area contributed by atoms with Crippen molar-refractivity contribution in [3.63, 3.8) is 0 Å². The molecule has 18 heavy (non-hydrogen) atoms. The van der Waals surface area contributed by atoms with Crippen LogP contribution in [0.5, 0.6) is 0 Å². The van der Waals surface area contributed by atoms with Crippen LogP contribution in [0.15, 0.2) is 59.5 Å². The lowest BCUT2D eigenvalue weighted by Gasteiger charge is -2.09. The Morgan fingerprint density at radius 2 is 1.72 bits per heavy atom. The highest BCUT2D eigenvalue weighted by Crippen LogP contribution is 2.14. The number of para-hydroxylation sites is 2. The first-order valence-electron chi connectivity index (χ1n) is 5.79. The van der Waals surface area contributed by atoms with E-state index in [1.54, 1.807) is 4.57 Å². The lowest BCUT2D eigenvalue weighted by Crippen LogP contribution is -2.18. The maximum absolute atomic E-state index is 12.0. The van der Waals surface area contributed by atoms with Gasteiger partial charge in [0.1, 0.15) is 0 Å². The molecule has 3 aromatic rings. The summed E-state index contributed by atoms with van der Waals surface area (Å²) in [6, 6.07) is 15.5. The van der Waals surface area contributed by atoms with Gasteiger partial charge in [0, 0.05) is 5.69 Å². The second kappa shape index (κ2) is 4.11. The fraction of sp³-hybridized carbons (Fsp3) is 0.0667. The van der Waals surface area contributed by atoms with E-state index in [2.05, 4.69) is 4.98 Å². The number of nitrogens with zero attached hydrogens (tertiary/aromatic N) is 2. The molecule has 1 aromatic heterocycles. The zero-order valence-corrected chi connectivity index (χ0v) is 10.00. The van der Waals surface area contributed by atoms with Crippen molar-refractivity contribution < 1.29 is 0 Å². The van der Waals surface area contributed by atoms with Crippen LogP contribution in [0, 0.1) is 6.92 Å². The van der Waals surface area contributed by atoms with Crippen molar-refractivity contribution in [3.8, 4) is 5.69 Å². The molecular formula is C15H12N2O.